The zero-order chi connectivity index (χ0) is 14.7. The fraction of sp³-hybridized carbons (Fsp3) is 0.188. The lowest BCUT2D eigenvalue weighted by Crippen LogP contribution is -2.31. The van der Waals surface area contributed by atoms with Crippen LogP contribution >= 0.6 is 0 Å². The summed E-state index contributed by atoms with van der Waals surface area (Å²) in [6, 6.07) is 9.87. The van der Waals surface area contributed by atoms with E-state index in [4.69, 9.17) is 0 Å². The third kappa shape index (κ3) is 2.85. The van der Waals surface area contributed by atoms with Gasteiger partial charge in [-0.3, -0.25) is 4.79 Å². The molecule has 0 bridgehead atoms. The first-order chi connectivity index (χ1) is 9.52. The lowest BCUT2D eigenvalue weighted by molar-refractivity contribution is 0.0987. The second-order valence-corrected chi connectivity index (χ2v) is 4.49. The average molecular weight is 275 g/mol. The van der Waals surface area contributed by atoms with Crippen LogP contribution in [-0.4, -0.2) is 12.5 Å². The topological polar surface area (TPSA) is 20.3 Å². The van der Waals surface area contributed by atoms with Gasteiger partial charge in [0.25, 0.3) is 5.91 Å². The molecule has 0 spiro atoms. The predicted molar refractivity (Wildman–Crippen MR) is 74.9 cm³/mol. The summed E-state index contributed by atoms with van der Waals surface area (Å²) in [6.45, 7) is 3.89. The highest BCUT2D eigenvalue weighted by molar-refractivity contribution is 6.06. The Morgan fingerprint density at radius 1 is 1.10 bits per heavy atom. The second kappa shape index (κ2) is 5.82. The van der Waals surface area contributed by atoms with Crippen molar-refractivity contribution in [3.8, 4) is 0 Å². The van der Waals surface area contributed by atoms with Gasteiger partial charge in [-0.25, -0.2) is 8.78 Å². The Morgan fingerprint density at radius 2 is 1.80 bits per heavy atom. The molecule has 0 fully saturated rings. The van der Waals surface area contributed by atoms with Gasteiger partial charge in [0.2, 0.25) is 0 Å². The number of hydrogen-bond donors (Lipinski definition) is 0. The number of amides is 1. The van der Waals surface area contributed by atoms with Crippen molar-refractivity contribution in [1.82, 2.24) is 0 Å². The van der Waals surface area contributed by atoms with Gasteiger partial charge in [-0.15, -0.1) is 0 Å². The number of nitrogens with zero attached hydrogens (tertiary/aromatic N) is 1. The first-order valence-electron chi connectivity index (χ1n) is 6.36. The van der Waals surface area contributed by atoms with E-state index in [-0.39, 0.29) is 11.7 Å². The van der Waals surface area contributed by atoms with E-state index in [0.29, 0.717) is 23.4 Å². The maximum absolute atomic E-state index is 13.3. The molecule has 2 aromatic carbocycles. The summed E-state index contributed by atoms with van der Waals surface area (Å²) in [5, 5.41) is 0. The predicted octanol–water partition coefficient (Wildman–Crippen LogP) is 3.94. The van der Waals surface area contributed by atoms with Gasteiger partial charge in [-0.05, 0) is 55.8 Å². The maximum Gasteiger partial charge on any atom is 0.258 e. The molecule has 0 aliphatic heterocycles. The zero-order valence-electron chi connectivity index (χ0n) is 11.4. The molecular weight excluding hydrogens is 260 g/mol. The van der Waals surface area contributed by atoms with Crippen molar-refractivity contribution in [3.63, 3.8) is 0 Å². The Labute approximate surface area is 116 Å². The molecule has 0 N–H and O–H groups in total. The SMILES string of the molecule is CCN(C(=O)c1ccc(F)cc1C)c1cccc(F)c1. The maximum atomic E-state index is 13.3. The number of halogens is 2. The Hall–Kier alpha value is -2.23. The first-order valence-corrected chi connectivity index (χ1v) is 6.36. The Balaban J connectivity index is 2.39. The summed E-state index contributed by atoms with van der Waals surface area (Å²) in [5.74, 6) is -1.05. The second-order valence-electron chi connectivity index (χ2n) is 4.49. The van der Waals surface area contributed by atoms with Gasteiger partial charge in [0.15, 0.2) is 0 Å². The average Bonchev–Trinajstić information content (AvgIpc) is 2.39. The number of carbonyl (C=O) groups is 1. The van der Waals surface area contributed by atoms with Gasteiger partial charge in [-0.2, -0.15) is 0 Å². The van der Waals surface area contributed by atoms with Crippen LogP contribution in [-0.2, 0) is 0 Å². The van der Waals surface area contributed by atoms with Crippen LogP contribution in [0, 0.1) is 18.6 Å². The van der Waals surface area contributed by atoms with Gasteiger partial charge >= 0.3 is 0 Å². The summed E-state index contributed by atoms with van der Waals surface area (Å²) in [7, 11) is 0. The van der Waals surface area contributed by atoms with Gasteiger partial charge in [0.1, 0.15) is 11.6 Å². The summed E-state index contributed by atoms with van der Waals surface area (Å²) in [4.78, 5) is 14.0. The van der Waals surface area contributed by atoms with Crippen LogP contribution in [0.2, 0.25) is 0 Å². The summed E-state index contributed by atoms with van der Waals surface area (Å²) < 4.78 is 26.4. The molecule has 2 nitrogen and oxygen atoms in total. The normalized spacial score (nSPS) is 10.4. The minimum absolute atomic E-state index is 0.268. The quantitative estimate of drug-likeness (QED) is 0.830. The number of anilines is 1. The van der Waals surface area contributed by atoms with E-state index >= 15 is 0 Å². The van der Waals surface area contributed by atoms with Crippen LogP contribution in [0.1, 0.15) is 22.8 Å². The molecule has 2 rings (SSSR count). The van der Waals surface area contributed by atoms with Gasteiger partial charge in [-0.1, -0.05) is 6.07 Å². The Bertz CT molecular complexity index is 640. The van der Waals surface area contributed by atoms with E-state index < -0.39 is 5.82 Å². The molecule has 0 unspecified atom stereocenters. The molecule has 0 aliphatic rings. The van der Waals surface area contributed by atoms with Crippen molar-refractivity contribution >= 4 is 11.6 Å². The number of carbonyl (C=O) groups excluding carboxylic acids is 1. The standard InChI is InChI=1S/C16H15F2NO/c1-3-19(14-6-4-5-12(17)10-14)16(20)15-8-7-13(18)9-11(15)2/h4-10H,3H2,1-2H3. The van der Waals surface area contributed by atoms with Crippen LogP contribution < -0.4 is 4.90 Å². The number of rotatable bonds is 3. The van der Waals surface area contributed by atoms with Crippen LogP contribution in [0.4, 0.5) is 14.5 Å². The van der Waals surface area contributed by atoms with Crippen molar-refractivity contribution in [1.29, 1.82) is 0 Å². The molecule has 0 heterocycles. The minimum atomic E-state index is -0.399. The molecule has 104 valence electrons. The number of benzene rings is 2. The third-order valence-electron chi connectivity index (χ3n) is 3.10. The summed E-state index contributed by atoms with van der Waals surface area (Å²) >= 11 is 0. The van der Waals surface area contributed by atoms with Crippen LogP contribution in [0.25, 0.3) is 0 Å². The molecule has 2 aromatic rings. The molecule has 1 amide bonds. The van der Waals surface area contributed by atoms with E-state index in [1.165, 1.54) is 35.2 Å². The van der Waals surface area contributed by atoms with Gasteiger partial charge in [0, 0.05) is 17.8 Å². The Kier molecular flexibility index (Phi) is 4.13. The third-order valence-corrected chi connectivity index (χ3v) is 3.10. The minimum Gasteiger partial charge on any atom is -0.309 e. The Morgan fingerprint density at radius 3 is 2.40 bits per heavy atom. The van der Waals surface area contributed by atoms with E-state index in [0.717, 1.165) is 0 Å². The fourth-order valence-electron chi connectivity index (χ4n) is 2.10. The fourth-order valence-corrected chi connectivity index (χ4v) is 2.10. The van der Waals surface area contributed by atoms with E-state index in [2.05, 4.69) is 0 Å². The molecule has 0 saturated heterocycles. The van der Waals surface area contributed by atoms with Gasteiger partial charge < -0.3 is 4.90 Å². The van der Waals surface area contributed by atoms with Gasteiger partial charge in [0.05, 0.1) is 0 Å². The highest BCUT2D eigenvalue weighted by atomic mass is 19.1. The van der Waals surface area contributed by atoms with Crippen molar-refractivity contribution in [2.24, 2.45) is 0 Å². The summed E-state index contributed by atoms with van der Waals surface area (Å²) in [6.07, 6.45) is 0. The lowest BCUT2D eigenvalue weighted by atomic mass is 10.1. The van der Waals surface area contributed by atoms with Crippen molar-refractivity contribution < 1.29 is 13.6 Å². The lowest BCUT2D eigenvalue weighted by Gasteiger charge is -2.22. The molecule has 0 aromatic heterocycles. The van der Waals surface area contributed by atoms with E-state index in [1.807, 2.05) is 6.92 Å². The van der Waals surface area contributed by atoms with Crippen LogP contribution in [0.3, 0.4) is 0 Å². The molecule has 0 atom stereocenters. The number of aryl methyl sites for hydroxylation is 1. The number of hydrogen-bond acceptors (Lipinski definition) is 1. The molecule has 0 saturated carbocycles. The molecule has 0 radical (unpaired) electrons. The first kappa shape index (κ1) is 14.2. The van der Waals surface area contributed by atoms with Crippen LogP contribution in [0.15, 0.2) is 42.5 Å². The van der Waals surface area contributed by atoms with Crippen LogP contribution in [0.5, 0.6) is 0 Å². The van der Waals surface area contributed by atoms with Crippen molar-refractivity contribution in [2.45, 2.75) is 13.8 Å². The van der Waals surface area contributed by atoms with Crippen molar-refractivity contribution in [3.05, 3.63) is 65.2 Å². The summed E-state index contributed by atoms with van der Waals surface area (Å²) in [5.41, 5.74) is 1.46. The molecule has 0 aliphatic carbocycles. The molecular formula is C16H15F2NO. The molecule has 4 heteroatoms. The van der Waals surface area contributed by atoms with E-state index in [1.54, 1.807) is 19.1 Å². The van der Waals surface area contributed by atoms with Crippen molar-refractivity contribution in [2.75, 3.05) is 11.4 Å². The highest BCUT2D eigenvalue weighted by Crippen LogP contribution is 2.20. The monoisotopic (exact) mass is 275 g/mol. The largest absolute Gasteiger partial charge is 0.309 e. The zero-order valence-corrected chi connectivity index (χ0v) is 11.4. The van der Waals surface area contributed by atoms with E-state index in [9.17, 15) is 13.6 Å². The smallest absolute Gasteiger partial charge is 0.258 e. The molecule has 20 heavy (non-hydrogen) atoms. The highest BCUT2D eigenvalue weighted by Gasteiger charge is 2.18.